The number of carbonyl (C=O) groups is 1. The van der Waals surface area contributed by atoms with Crippen molar-refractivity contribution in [2.75, 3.05) is 13.2 Å². The summed E-state index contributed by atoms with van der Waals surface area (Å²) in [6.45, 7) is 3.35. The van der Waals surface area contributed by atoms with E-state index in [1.807, 2.05) is 6.92 Å². The van der Waals surface area contributed by atoms with E-state index in [0.29, 0.717) is 6.61 Å². The Morgan fingerprint density at radius 2 is 2.42 bits per heavy atom. The number of allylic oxidation sites excluding steroid dienone is 1. The fourth-order valence-electron chi connectivity index (χ4n) is 1.72. The van der Waals surface area contributed by atoms with Gasteiger partial charge in [0.05, 0.1) is 13.2 Å². The summed E-state index contributed by atoms with van der Waals surface area (Å²) >= 11 is 0. The normalized spacial score (nSPS) is 29.1. The van der Waals surface area contributed by atoms with Gasteiger partial charge in [0.15, 0.2) is 5.78 Å². The van der Waals surface area contributed by atoms with Crippen LogP contribution in [0.1, 0.15) is 13.3 Å². The summed E-state index contributed by atoms with van der Waals surface area (Å²) < 4.78 is 5.33. The molecule has 0 unspecified atom stereocenters. The van der Waals surface area contributed by atoms with Crippen LogP contribution in [0.4, 0.5) is 0 Å². The number of rotatable bonds is 0. The molecule has 1 aliphatic carbocycles. The van der Waals surface area contributed by atoms with Crippen LogP contribution in [0.25, 0.3) is 0 Å². The van der Waals surface area contributed by atoms with E-state index < -0.39 is 0 Å². The standard InChI is InChI=1S/C10H12O2/c1-7-9-3-2-4-12-6-8(9)5-10(7)11/h3,5,7H,2,4,6H2,1H3/t7-/m1/s1. The van der Waals surface area contributed by atoms with Crippen LogP contribution in [-0.2, 0) is 9.53 Å². The highest BCUT2D eigenvalue weighted by Crippen LogP contribution is 2.30. The molecule has 2 aliphatic rings. The summed E-state index contributed by atoms with van der Waals surface area (Å²) in [5.41, 5.74) is 2.28. The first kappa shape index (κ1) is 7.74. The summed E-state index contributed by atoms with van der Waals surface area (Å²) in [6, 6.07) is 0. The minimum absolute atomic E-state index is 0.0710. The van der Waals surface area contributed by atoms with Crippen LogP contribution in [0.15, 0.2) is 23.3 Å². The van der Waals surface area contributed by atoms with Crippen LogP contribution in [0, 0.1) is 5.92 Å². The van der Waals surface area contributed by atoms with Gasteiger partial charge in [0.25, 0.3) is 0 Å². The van der Waals surface area contributed by atoms with E-state index in [1.165, 1.54) is 5.57 Å². The van der Waals surface area contributed by atoms with Gasteiger partial charge in [-0.3, -0.25) is 4.79 Å². The maximum absolute atomic E-state index is 11.3. The fourth-order valence-corrected chi connectivity index (χ4v) is 1.72. The average molecular weight is 164 g/mol. The Balaban J connectivity index is 2.33. The molecule has 0 amide bonds. The van der Waals surface area contributed by atoms with E-state index in [2.05, 4.69) is 6.08 Å². The molecule has 64 valence electrons. The van der Waals surface area contributed by atoms with Crippen LogP contribution < -0.4 is 0 Å². The molecule has 12 heavy (non-hydrogen) atoms. The average Bonchev–Trinajstić information content (AvgIpc) is 2.30. The maximum atomic E-state index is 11.3. The van der Waals surface area contributed by atoms with Crippen molar-refractivity contribution in [2.45, 2.75) is 13.3 Å². The molecule has 1 heterocycles. The third-order valence-corrected chi connectivity index (χ3v) is 2.46. The molecule has 1 atom stereocenters. The molecular formula is C10H12O2. The highest BCUT2D eigenvalue weighted by Gasteiger charge is 2.27. The first-order valence-electron chi connectivity index (χ1n) is 4.31. The lowest BCUT2D eigenvalue weighted by atomic mass is 9.99. The van der Waals surface area contributed by atoms with Crippen molar-refractivity contribution in [1.29, 1.82) is 0 Å². The van der Waals surface area contributed by atoms with Crippen molar-refractivity contribution >= 4 is 5.78 Å². The molecule has 2 nitrogen and oxygen atoms in total. The fraction of sp³-hybridized carbons (Fsp3) is 0.500. The number of ketones is 1. The number of fused-ring (bicyclic) bond motifs is 1. The quantitative estimate of drug-likeness (QED) is 0.542. The van der Waals surface area contributed by atoms with Gasteiger partial charge < -0.3 is 4.74 Å². The molecule has 0 spiro atoms. The van der Waals surface area contributed by atoms with Crippen LogP contribution in [0.2, 0.25) is 0 Å². The van der Waals surface area contributed by atoms with E-state index in [0.717, 1.165) is 18.6 Å². The van der Waals surface area contributed by atoms with Crippen LogP contribution in [-0.4, -0.2) is 19.0 Å². The van der Waals surface area contributed by atoms with Gasteiger partial charge in [0, 0.05) is 5.92 Å². The van der Waals surface area contributed by atoms with Crippen molar-refractivity contribution in [3.63, 3.8) is 0 Å². The van der Waals surface area contributed by atoms with Gasteiger partial charge in [-0.05, 0) is 23.6 Å². The van der Waals surface area contributed by atoms with Gasteiger partial charge in [-0.1, -0.05) is 13.0 Å². The van der Waals surface area contributed by atoms with Gasteiger partial charge in [-0.25, -0.2) is 0 Å². The molecule has 0 saturated carbocycles. The lowest BCUT2D eigenvalue weighted by Gasteiger charge is -2.05. The summed E-state index contributed by atoms with van der Waals surface area (Å²) in [5.74, 6) is 0.295. The zero-order chi connectivity index (χ0) is 8.55. The van der Waals surface area contributed by atoms with Crippen LogP contribution >= 0.6 is 0 Å². The monoisotopic (exact) mass is 164 g/mol. The molecule has 1 aliphatic heterocycles. The summed E-state index contributed by atoms with van der Waals surface area (Å²) in [6.07, 6.45) is 4.79. The molecule has 0 aromatic rings. The van der Waals surface area contributed by atoms with Gasteiger partial charge >= 0.3 is 0 Å². The van der Waals surface area contributed by atoms with E-state index in [4.69, 9.17) is 4.74 Å². The summed E-state index contributed by atoms with van der Waals surface area (Å²) in [7, 11) is 0. The molecule has 0 fully saturated rings. The lowest BCUT2D eigenvalue weighted by molar-refractivity contribution is -0.116. The third-order valence-electron chi connectivity index (χ3n) is 2.46. The topological polar surface area (TPSA) is 26.3 Å². The van der Waals surface area contributed by atoms with Crippen molar-refractivity contribution in [1.82, 2.24) is 0 Å². The van der Waals surface area contributed by atoms with Crippen LogP contribution in [0.5, 0.6) is 0 Å². The van der Waals surface area contributed by atoms with Gasteiger partial charge in [0.1, 0.15) is 0 Å². The number of hydrogen-bond donors (Lipinski definition) is 0. The highest BCUT2D eigenvalue weighted by molar-refractivity contribution is 5.99. The minimum Gasteiger partial charge on any atom is -0.376 e. The predicted octanol–water partition coefficient (Wildman–Crippen LogP) is 1.48. The molecule has 0 radical (unpaired) electrons. The number of carbonyl (C=O) groups excluding carboxylic acids is 1. The van der Waals surface area contributed by atoms with Crippen molar-refractivity contribution in [3.8, 4) is 0 Å². The molecule has 0 aromatic carbocycles. The molecule has 0 aromatic heterocycles. The lowest BCUT2D eigenvalue weighted by Crippen LogP contribution is -2.03. The highest BCUT2D eigenvalue weighted by atomic mass is 16.5. The first-order valence-corrected chi connectivity index (χ1v) is 4.31. The largest absolute Gasteiger partial charge is 0.376 e. The van der Waals surface area contributed by atoms with E-state index in [1.54, 1.807) is 6.08 Å². The maximum Gasteiger partial charge on any atom is 0.163 e. The number of ether oxygens (including phenoxy) is 1. The third kappa shape index (κ3) is 1.12. The van der Waals surface area contributed by atoms with Gasteiger partial charge in [-0.15, -0.1) is 0 Å². The molecule has 0 saturated heterocycles. The Hall–Kier alpha value is -0.890. The smallest absolute Gasteiger partial charge is 0.163 e. The van der Waals surface area contributed by atoms with Crippen LogP contribution in [0.3, 0.4) is 0 Å². The second-order valence-electron chi connectivity index (χ2n) is 3.29. The second-order valence-corrected chi connectivity index (χ2v) is 3.29. The predicted molar refractivity (Wildman–Crippen MR) is 45.8 cm³/mol. The van der Waals surface area contributed by atoms with E-state index in [9.17, 15) is 4.79 Å². The van der Waals surface area contributed by atoms with Gasteiger partial charge in [-0.2, -0.15) is 0 Å². The Morgan fingerprint density at radius 3 is 3.25 bits per heavy atom. The molecule has 0 bridgehead atoms. The summed E-state index contributed by atoms with van der Waals surface area (Å²) in [5, 5.41) is 0. The molecule has 0 N–H and O–H groups in total. The van der Waals surface area contributed by atoms with Crippen molar-refractivity contribution in [2.24, 2.45) is 5.92 Å². The minimum atomic E-state index is 0.0710. The zero-order valence-corrected chi connectivity index (χ0v) is 7.17. The molecule has 2 heteroatoms. The van der Waals surface area contributed by atoms with E-state index >= 15 is 0 Å². The zero-order valence-electron chi connectivity index (χ0n) is 7.17. The molecule has 2 rings (SSSR count). The number of hydrogen-bond acceptors (Lipinski definition) is 2. The van der Waals surface area contributed by atoms with Crippen molar-refractivity contribution in [3.05, 3.63) is 23.3 Å². The molecular weight excluding hydrogens is 152 g/mol. The van der Waals surface area contributed by atoms with E-state index in [-0.39, 0.29) is 11.7 Å². The first-order chi connectivity index (χ1) is 5.79. The Kier molecular flexibility index (Phi) is 1.85. The Morgan fingerprint density at radius 1 is 1.58 bits per heavy atom. The Labute approximate surface area is 71.9 Å². The second kappa shape index (κ2) is 2.87. The SMILES string of the molecule is C[C@H]1C(=O)C=C2COCCC=C21. The Bertz CT molecular complexity index is 274. The summed E-state index contributed by atoms with van der Waals surface area (Å²) in [4.78, 5) is 11.3. The van der Waals surface area contributed by atoms with Crippen molar-refractivity contribution < 1.29 is 9.53 Å². The van der Waals surface area contributed by atoms with Gasteiger partial charge in [0.2, 0.25) is 0 Å².